The van der Waals surface area contributed by atoms with Gasteiger partial charge in [0, 0.05) is 16.5 Å². The van der Waals surface area contributed by atoms with E-state index < -0.39 is 6.17 Å². The molecule has 40 heavy (non-hydrogen) atoms. The van der Waals surface area contributed by atoms with E-state index in [1.54, 1.807) is 23.9 Å². The summed E-state index contributed by atoms with van der Waals surface area (Å²) < 4.78 is 12.6. The molecule has 0 aliphatic carbocycles. The lowest BCUT2D eigenvalue weighted by Crippen LogP contribution is -2.50. The molecule has 0 unspecified atom stereocenters. The smallest absolute Gasteiger partial charge is 0.276 e. The number of hydrazone groups is 1. The summed E-state index contributed by atoms with van der Waals surface area (Å²) in [6.07, 6.45) is 5.43. The molecule has 0 fully saturated rings. The maximum atomic E-state index is 13.4. The van der Waals surface area contributed by atoms with E-state index in [1.807, 2.05) is 66.7 Å². The average molecular weight is 622 g/mol. The first kappa shape index (κ1) is 28.2. The van der Waals surface area contributed by atoms with Crippen LogP contribution in [0, 0.1) is 0 Å². The van der Waals surface area contributed by atoms with Gasteiger partial charge in [-0.1, -0.05) is 92.9 Å². The Morgan fingerprint density at radius 3 is 2.60 bits per heavy atom. The van der Waals surface area contributed by atoms with Crippen LogP contribution in [0.4, 0.5) is 0 Å². The molecule has 0 saturated carbocycles. The third kappa shape index (κ3) is 6.36. The van der Waals surface area contributed by atoms with E-state index in [9.17, 15) is 4.79 Å². The minimum atomic E-state index is -0.551. The van der Waals surface area contributed by atoms with Gasteiger partial charge in [0.05, 0.1) is 16.9 Å². The maximum Gasteiger partial charge on any atom is 0.276 e. The molecule has 2 heterocycles. The fourth-order valence-electron chi connectivity index (χ4n) is 4.74. The molecule has 1 amide bonds. The predicted molar refractivity (Wildman–Crippen MR) is 163 cm³/mol. The molecule has 2 aliphatic heterocycles. The number of unbranched alkanes of at least 4 members (excludes halogenated alkanes) is 4. The number of fused-ring (bicyclic) bond motifs is 2. The largest absolute Gasteiger partial charge is 0.493 e. The van der Waals surface area contributed by atoms with Gasteiger partial charge in [0.15, 0.2) is 22.8 Å². The van der Waals surface area contributed by atoms with Crippen molar-refractivity contribution >= 4 is 44.5 Å². The molecule has 9 heteroatoms. The molecule has 2 aliphatic rings. The van der Waals surface area contributed by atoms with Crippen LogP contribution in [-0.2, 0) is 11.4 Å². The van der Waals surface area contributed by atoms with Gasteiger partial charge < -0.3 is 9.47 Å². The van der Waals surface area contributed by atoms with Crippen LogP contribution in [-0.4, -0.2) is 28.9 Å². The van der Waals surface area contributed by atoms with Crippen molar-refractivity contribution in [2.75, 3.05) is 12.9 Å². The van der Waals surface area contributed by atoms with Gasteiger partial charge in [0.2, 0.25) is 0 Å². The number of nitrogens with zero attached hydrogens (tertiary/aromatic N) is 3. The van der Waals surface area contributed by atoms with E-state index in [1.165, 1.54) is 25.7 Å². The van der Waals surface area contributed by atoms with Gasteiger partial charge in [0.1, 0.15) is 12.3 Å². The molecule has 0 spiro atoms. The Bertz CT molecular complexity index is 1510. The highest BCUT2D eigenvalue weighted by atomic mass is 79.9. The number of methoxy groups -OCH3 is 1. The zero-order chi connectivity index (χ0) is 27.9. The van der Waals surface area contributed by atoms with Crippen molar-refractivity contribution in [3.05, 3.63) is 92.9 Å². The summed E-state index contributed by atoms with van der Waals surface area (Å²) in [6.45, 7) is 2.62. The summed E-state index contributed by atoms with van der Waals surface area (Å²) in [5, 5.41) is 11.7. The van der Waals surface area contributed by atoms with Crippen molar-refractivity contribution in [2.45, 2.75) is 51.8 Å². The summed E-state index contributed by atoms with van der Waals surface area (Å²) in [7, 11) is 1.62. The van der Waals surface area contributed by atoms with Crippen molar-refractivity contribution in [1.82, 2.24) is 10.3 Å². The topological polar surface area (TPSA) is 75.5 Å². The highest BCUT2D eigenvalue weighted by Gasteiger charge is 2.35. The number of ether oxygens (including phenoxy) is 2. The van der Waals surface area contributed by atoms with Crippen LogP contribution < -0.4 is 25.4 Å². The maximum absolute atomic E-state index is 13.4. The number of halogens is 1. The lowest BCUT2D eigenvalue weighted by Gasteiger charge is -2.34. The number of hydrogen-bond acceptors (Lipinski definition) is 7. The SMILES string of the molecule is CCCCCCCSC1=NN2C(=c3ccccc3=N[C@H]2c2cc(Br)c(OCc3ccccc3)c(OC)c2)C(=O)N1. The third-order valence-corrected chi connectivity index (χ3v) is 8.32. The average Bonchev–Trinajstić information content (AvgIpc) is 2.98. The lowest BCUT2D eigenvalue weighted by atomic mass is 10.1. The first-order valence-electron chi connectivity index (χ1n) is 13.6. The van der Waals surface area contributed by atoms with Gasteiger partial charge >= 0.3 is 0 Å². The zero-order valence-electron chi connectivity index (χ0n) is 22.7. The van der Waals surface area contributed by atoms with Crippen molar-refractivity contribution < 1.29 is 14.3 Å². The van der Waals surface area contributed by atoms with Gasteiger partial charge in [-0.2, -0.15) is 0 Å². The van der Waals surface area contributed by atoms with Crippen LogP contribution in [0.5, 0.6) is 11.5 Å². The van der Waals surface area contributed by atoms with Gasteiger partial charge in [-0.3, -0.25) is 15.1 Å². The van der Waals surface area contributed by atoms with Crippen LogP contribution >= 0.6 is 27.7 Å². The van der Waals surface area contributed by atoms with E-state index >= 15 is 0 Å². The minimum Gasteiger partial charge on any atom is -0.493 e. The van der Waals surface area contributed by atoms with E-state index in [2.05, 4.69) is 28.2 Å². The second kappa shape index (κ2) is 13.4. The normalized spacial score (nSPS) is 15.9. The molecule has 3 aromatic carbocycles. The summed E-state index contributed by atoms with van der Waals surface area (Å²) >= 11 is 5.27. The summed E-state index contributed by atoms with van der Waals surface area (Å²) in [5.41, 5.74) is 2.37. The Morgan fingerprint density at radius 1 is 1.02 bits per heavy atom. The van der Waals surface area contributed by atoms with Crippen LogP contribution in [0.25, 0.3) is 5.70 Å². The van der Waals surface area contributed by atoms with Gasteiger partial charge in [-0.25, -0.2) is 5.01 Å². The number of rotatable bonds is 11. The number of carbonyl (C=O) groups is 1. The molecule has 0 bridgehead atoms. The molecule has 7 nitrogen and oxygen atoms in total. The quantitative estimate of drug-likeness (QED) is 0.271. The fraction of sp³-hybridized carbons (Fsp3) is 0.323. The lowest BCUT2D eigenvalue weighted by molar-refractivity contribution is -0.116. The number of benzene rings is 3. The second-order valence-electron chi connectivity index (χ2n) is 9.64. The second-order valence-corrected chi connectivity index (χ2v) is 11.6. The van der Waals surface area contributed by atoms with Gasteiger partial charge in [-0.15, -0.1) is 5.10 Å². The number of carbonyl (C=O) groups excluding carboxylic acids is 1. The van der Waals surface area contributed by atoms with Crippen molar-refractivity contribution in [1.29, 1.82) is 0 Å². The number of hydrogen-bond donors (Lipinski definition) is 1. The number of para-hydroxylation sites is 1. The van der Waals surface area contributed by atoms with Crippen LogP contribution in [0.1, 0.15) is 56.3 Å². The Kier molecular flexibility index (Phi) is 9.44. The third-order valence-electron chi connectivity index (χ3n) is 6.78. The number of amides is 1. The first-order chi connectivity index (χ1) is 19.6. The predicted octanol–water partition coefficient (Wildman–Crippen LogP) is 5.88. The minimum absolute atomic E-state index is 0.176. The molecule has 1 atom stereocenters. The highest BCUT2D eigenvalue weighted by molar-refractivity contribution is 9.10. The Hall–Kier alpha value is -3.30. The summed E-state index contributed by atoms with van der Waals surface area (Å²) in [4.78, 5) is 18.5. The molecular weight excluding hydrogens is 588 g/mol. The van der Waals surface area contributed by atoms with Gasteiger partial charge in [-0.05, 0) is 46.1 Å². The summed E-state index contributed by atoms with van der Waals surface area (Å²) in [5.74, 6) is 1.90. The van der Waals surface area contributed by atoms with E-state index in [0.29, 0.717) is 29.0 Å². The molecule has 1 N–H and O–H groups in total. The molecule has 0 aromatic heterocycles. The van der Waals surface area contributed by atoms with Crippen LogP contribution in [0.15, 0.2) is 81.3 Å². The molecule has 0 saturated heterocycles. The van der Waals surface area contributed by atoms with Crippen LogP contribution in [0.3, 0.4) is 0 Å². The van der Waals surface area contributed by atoms with Crippen molar-refractivity contribution in [3.63, 3.8) is 0 Å². The Labute approximate surface area is 247 Å². The molecule has 5 rings (SSSR count). The van der Waals surface area contributed by atoms with Crippen LogP contribution in [0.2, 0.25) is 0 Å². The molecule has 208 valence electrons. The fourth-order valence-corrected chi connectivity index (χ4v) is 6.17. The number of thioether (sulfide) groups is 1. The monoisotopic (exact) mass is 620 g/mol. The van der Waals surface area contributed by atoms with E-state index in [4.69, 9.17) is 19.6 Å². The summed E-state index contributed by atoms with van der Waals surface area (Å²) in [6, 6.07) is 21.5. The van der Waals surface area contributed by atoms with E-state index in [-0.39, 0.29) is 5.91 Å². The first-order valence-corrected chi connectivity index (χ1v) is 15.4. The van der Waals surface area contributed by atoms with E-state index in [0.717, 1.165) is 38.3 Å². The molecular formula is C31H33BrN4O3S. The molecule has 0 radical (unpaired) electrons. The number of amidine groups is 1. The standard InChI is InChI=1S/C31H33BrN4O3S/c1-3-4-5-6-12-17-40-31-34-30(37)27-23-15-10-11-16-25(23)33-29(36(27)35-31)22-18-24(32)28(26(19-22)38-2)39-20-21-13-8-7-9-14-21/h7-11,13-16,18-19,29H,3-6,12,17,20H2,1-2H3,(H,34,35,37)/t29-/m1/s1. The van der Waals surface area contributed by atoms with Crippen molar-refractivity contribution in [3.8, 4) is 11.5 Å². The zero-order valence-corrected chi connectivity index (χ0v) is 25.1. The highest BCUT2D eigenvalue weighted by Crippen LogP contribution is 2.41. The Morgan fingerprint density at radius 2 is 1.80 bits per heavy atom. The number of nitrogens with one attached hydrogen (secondary N) is 1. The van der Waals surface area contributed by atoms with Crippen molar-refractivity contribution in [2.24, 2.45) is 10.1 Å². The Balaban J connectivity index is 1.46. The molecule has 3 aromatic rings. The van der Waals surface area contributed by atoms with Gasteiger partial charge in [0.25, 0.3) is 5.91 Å².